The number of methoxy groups -OCH3 is 1. The molecule has 1 heterocycles. The molecule has 3 rings (SSSR count). The summed E-state index contributed by atoms with van der Waals surface area (Å²) in [5.74, 6) is 1.39. The highest BCUT2D eigenvalue weighted by Gasteiger charge is 2.12. The molecular weight excluding hydrogens is 366 g/mol. The summed E-state index contributed by atoms with van der Waals surface area (Å²) in [7, 11) is 1.52. The molecule has 1 aromatic heterocycles. The number of ether oxygens (including phenoxy) is 1. The van der Waals surface area contributed by atoms with Crippen molar-refractivity contribution >= 4 is 34.7 Å². The van der Waals surface area contributed by atoms with Crippen LogP contribution in [-0.2, 0) is 6.61 Å². The highest BCUT2D eigenvalue weighted by atomic mass is 35.5. The SMILES string of the molecule is COc1cc(CO)cc(Cl)c1Nc1ccnc(Nc2ccc(C#N)cc2)n1. The number of nitrogens with zero attached hydrogens (tertiary/aromatic N) is 3. The van der Waals surface area contributed by atoms with E-state index in [0.717, 1.165) is 5.69 Å². The number of aliphatic hydroxyl groups excluding tert-OH is 1. The quantitative estimate of drug-likeness (QED) is 0.593. The smallest absolute Gasteiger partial charge is 0.229 e. The van der Waals surface area contributed by atoms with Gasteiger partial charge >= 0.3 is 0 Å². The fraction of sp³-hybridized carbons (Fsp3) is 0.105. The largest absolute Gasteiger partial charge is 0.495 e. The number of nitrogens with one attached hydrogen (secondary N) is 2. The van der Waals surface area contributed by atoms with Crippen molar-refractivity contribution < 1.29 is 9.84 Å². The molecule has 0 aliphatic rings. The van der Waals surface area contributed by atoms with Gasteiger partial charge in [-0.1, -0.05) is 11.6 Å². The maximum Gasteiger partial charge on any atom is 0.229 e. The predicted molar refractivity (Wildman–Crippen MR) is 104 cm³/mol. The average molecular weight is 382 g/mol. The Labute approximate surface area is 161 Å². The molecule has 0 bridgehead atoms. The summed E-state index contributed by atoms with van der Waals surface area (Å²) >= 11 is 6.30. The topological polar surface area (TPSA) is 103 Å². The van der Waals surface area contributed by atoms with Crippen LogP contribution in [0.4, 0.5) is 23.1 Å². The lowest BCUT2D eigenvalue weighted by Crippen LogP contribution is -2.02. The second-order valence-electron chi connectivity index (χ2n) is 5.52. The van der Waals surface area contributed by atoms with E-state index in [1.54, 1.807) is 48.7 Å². The minimum absolute atomic E-state index is 0.136. The first-order chi connectivity index (χ1) is 13.1. The minimum Gasteiger partial charge on any atom is -0.495 e. The van der Waals surface area contributed by atoms with Crippen molar-refractivity contribution in [3.63, 3.8) is 0 Å². The first-order valence-electron chi connectivity index (χ1n) is 7.97. The van der Waals surface area contributed by atoms with Gasteiger partial charge in [0.2, 0.25) is 5.95 Å². The van der Waals surface area contributed by atoms with Crippen molar-refractivity contribution in [2.75, 3.05) is 17.7 Å². The van der Waals surface area contributed by atoms with Crippen molar-refractivity contribution in [1.29, 1.82) is 5.26 Å². The number of hydrogen-bond donors (Lipinski definition) is 3. The van der Waals surface area contributed by atoms with Crippen molar-refractivity contribution in [3.8, 4) is 11.8 Å². The Kier molecular flexibility index (Phi) is 5.71. The molecule has 7 nitrogen and oxygen atoms in total. The lowest BCUT2D eigenvalue weighted by Gasteiger charge is -2.14. The van der Waals surface area contributed by atoms with Gasteiger partial charge in [-0.15, -0.1) is 0 Å². The molecule has 2 aromatic carbocycles. The molecule has 0 saturated heterocycles. The Morgan fingerprint density at radius 1 is 1.19 bits per heavy atom. The summed E-state index contributed by atoms with van der Waals surface area (Å²) in [4.78, 5) is 8.59. The van der Waals surface area contributed by atoms with Crippen molar-refractivity contribution in [1.82, 2.24) is 9.97 Å². The lowest BCUT2D eigenvalue weighted by molar-refractivity contribution is 0.281. The number of nitriles is 1. The molecule has 0 fully saturated rings. The van der Waals surface area contributed by atoms with E-state index >= 15 is 0 Å². The molecule has 0 atom stereocenters. The molecule has 136 valence electrons. The van der Waals surface area contributed by atoms with Gasteiger partial charge in [0.25, 0.3) is 0 Å². The molecule has 0 amide bonds. The van der Waals surface area contributed by atoms with Crippen LogP contribution in [0.5, 0.6) is 5.75 Å². The zero-order valence-corrected chi connectivity index (χ0v) is 15.2. The van der Waals surface area contributed by atoms with Crippen LogP contribution < -0.4 is 15.4 Å². The number of hydrogen-bond acceptors (Lipinski definition) is 7. The van der Waals surface area contributed by atoms with Crippen LogP contribution in [0, 0.1) is 11.3 Å². The number of aromatic nitrogens is 2. The van der Waals surface area contributed by atoms with Crippen LogP contribution in [-0.4, -0.2) is 22.2 Å². The van der Waals surface area contributed by atoms with Crippen LogP contribution in [0.3, 0.4) is 0 Å². The Morgan fingerprint density at radius 2 is 1.96 bits per heavy atom. The molecule has 3 aromatic rings. The predicted octanol–water partition coefficient (Wildman–Crippen LogP) is 3.99. The fourth-order valence-corrected chi connectivity index (χ4v) is 2.66. The van der Waals surface area contributed by atoms with Gasteiger partial charge in [-0.3, -0.25) is 0 Å². The van der Waals surface area contributed by atoms with Gasteiger partial charge in [0.15, 0.2) is 0 Å². The third-order valence-electron chi connectivity index (χ3n) is 3.70. The first kappa shape index (κ1) is 18.5. The molecule has 27 heavy (non-hydrogen) atoms. The standard InChI is InChI=1S/C19H16ClN5O2/c1-27-16-9-13(11-26)8-15(20)18(16)24-17-6-7-22-19(25-17)23-14-4-2-12(10-21)3-5-14/h2-9,26H,11H2,1H3,(H2,22,23,24,25). The number of aliphatic hydroxyl groups is 1. The van der Waals surface area contributed by atoms with Gasteiger partial charge in [-0.2, -0.15) is 10.2 Å². The molecule has 0 unspecified atom stereocenters. The highest BCUT2D eigenvalue weighted by molar-refractivity contribution is 6.33. The molecular formula is C19H16ClN5O2. The highest BCUT2D eigenvalue weighted by Crippen LogP contribution is 2.36. The van der Waals surface area contributed by atoms with Gasteiger partial charge in [0.1, 0.15) is 17.3 Å². The minimum atomic E-state index is -0.136. The summed E-state index contributed by atoms with van der Waals surface area (Å²) in [5.41, 5.74) is 2.52. The maximum atomic E-state index is 9.29. The zero-order valence-electron chi connectivity index (χ0n) is 14.4. The Hall–Kier alpha value is -3.34. The van der Waals surface area contributed by atoms with Crippen LogP contribution in [0.25, 0.3) is 0 Å². The molecule has 0 aliphatic carbocycles. The van der Waals surface area contributed by atoms with E-state index in [1.807, 2.05) is 0 Å². The number of anilines is 4. The first-order valence-corrected chi connectivity index (χ1v) is 8.35. The Morgan fingerprint density at radius 3 is 2.63 bits per heavy atom. The summed E-state index contributed by atoms with van der Waals surface area (Å²) in [6.07, 6.45) is 1.60. The van der Waals surface area contributed by atoms with E-state index in [2.05, 4.69) is 26.7 Å². The van der Waals surface area contributed by atoms with E-state index in [1.165, 1.54) is 7.11 Å². The van der Waals surface area contributed by atoms with E-state index in [9.17, 15) is 5.11 Å². The Balaban J connectivity index is 1.83. The van der Waals surface area contributed by atoms with Crippen molar-refractivity contribution in [2.45, 2.75) is 6.61 Å². The summed E-state index contributed by atoms with van der Waals surface area (Å²) in [5, 5.41) is 24.7. The molecule has 0 aliphatic heterocycles. The summed E-state index contributed by atoms with van der Waals surface area (Å²) < 4.78 is 5.35. The van der Waals surface area contributed by atoms with E-state index in [4.69, 9.17) is 21.6 Å². The third-order valence-corrected chi connectivity index (χ3v) is 3.99. The van der Waals surface area contributed by atoms with E-state index in [-0.39, 0.29) is 6.61 Å². The van der Waals surface area contributed by atoms with Crippen LogP contribution in [0.15, 0.2) is 48.7 Å². The van der Waals surface area contributed by atoms with Gasteiger partial charge in [-0.25, -0.2) is 4.98 Å². The molecule has 3 N–H and O–H groups in total. The van der Waals surface area contributed by atoms with Gasteiger partial charge in [0.05, 0.1) is 30.4 Å². The average Bonchev–Trinajstić information content (AvgIpc) is 2.70. The third kappa shape index (κ3) is 4.44. The molecule has 0 spiro atoms. The van der Waals surface area contributed by atoms with Gasteiger partial charge < -0.3 is 20.5 Å². The maximum absolute atomic E-state index is 9.29. The number of benzene rings is 2. The summed E-state index contributed by atoms with van der Waals surface area (Å²) in [6.45, 7) is -0.136. The molecule has 0 saturated carbocycles. The second-order valence-corrected chi connectivity index (χ2v) is 5.92. The molecule has 8 heteroatoms. The fourth-order valence-electron chi connectivity index (χ4n) is 2.38. The lowest BCUT2D eigenvalue weighted by atomic mass is 10.2. The molecule has 0 radical (unpaired) electrons. The van der Waals surface area contributed by atoms with E-state index in [0.29, 0.717) is 39.4 Å². The summed E-state index contributed by atoms with van der Waals surface area (Å²) in [6, 6.07) is 14.1. The zero-order chi connectivity index (χ0) is 19.2. The van der Waals surface area contributed by atoms with E-state index < -0.39 is 0 Å². The van der Waals surface area contributed by atoms with Crippen LogP contribution in [0.1, 0.15) is 11.1 Å². The Bertz CT molecular complexity index is 986. The van der Waals surface area contributed by atoms with Gasteiger partial charge in [-0.05, 0) is 48.0 Å². The normalized spacial score (nSPS) is 10.1. The van der Waals surface area contributed by atoms with Crippen molar-refractivity contribution in [3.05, 3.63) is 64.8 Å². The second kappa shape index (κ2) is 8.36. The number of halogens is 1. The van der Waals surface area contributed by atoms with Crippen LogP contribution >= 0.6 is 11.6 Å². The van der Waals surface area contributed by atoms with Crippen molar-refractivity contribution in [2.24, 2.45) is 0 Å². The van der Waals surface area contributed by atoms with Crippen LogP contribution in [0.2, 0.25) is 5.02 Å². The van der Waals surface area contributed by atoms with Gasteiger partial charge in [0, 0.05) is 11.9 Å². The monoisotopic (exact) mass is 381 g/mol. The number of rotatable bonds is 6.